The van der Waals surface area contributed by atoms with Crippen molar-refractivity contribution >= 4 is 18.0 Å². The number of ether oxygens (including phenoxy) is 2. The second-order valence-corrected chi connectivity index (χ2v) is 11.0. The molecule has 0 aromatic rings. The van der Waals surface area contributed by atoms with Gasteiger partial charge in [0, 0.05) is 6.54 Å². The molecule has 1 N–H and O–H groups in total. The number of alkyl halides is 3. The van der Waals surface area contributed by atoms with Gasteiger partial charge in [-0.2, -0.15) is 13.2 Å². The van der Waals surface area contributed by atoms with Crippen molar-refractivity contribution in [2.24, 2.45) is 17.3 Å². The quantitative estimate of drug-likeness (QED) is 0.637. The summed E-state index contributed by atoms with van der Waals surface area (Å²) in [5.74, 6) is -1.95. The lowest BCUT2D eigenvalue weighted by molar-refractivity contribution is -0.175. The molecule has 1 saturated carbocycles. The summed E-state index contributed by atoms with van der Waals surface area (Å²) in [4.78, 5) is 39.0. The van der Waals surface area contributed by atoms with Gasteiger partial charge in [0.1, 0.15) is 18.1 Å². The number of nitrogens with zero attached hydrogens (tertiary/aromatic N) is 1. The van der Waals surface area contributed by atoms with E-state index in [-0.39, 0.29) is 18.4 Å². The number of amides is 2. The predicted octanol–water partition coefficient (Wildman–Crippen LogP) is 4.05. The molecule has 3 rings (SSSR count). The third-order valence-electron chi connectivity index (χ3n) is 5.65. The first-order chi connectivity index (χ1) is 14.4. The maximum Gasteiger partial charge on any atom is 0.407 e. The van der Waals surface area contributed by atoms with Gasteiger partial charge in [-0.05, 0) is 66.2 Å². The number of nitrogens with one attached hydrogen (secondary N) is 1. The zero-order valence-corrected chi connectivity index (χ0v) is 19.8. The van der Waals surface area contributed by atoms with Crippen LogP contribution in [0.1, 0.15) is 67.7 Å². The number of esters is 1. The highest BCUT2D eigenvalue weighted by atomic mass is 19.4. The first-order valence-corrected chi connectivity index (χ1v) is 10.9. The van der Waals surface area contributed by atoms with E-state index >= 15 is 0 Å². The fourth-order valence-electron chi connectivity index (χ4n) is 4.39. The lowest BCUT2D eigenvalue weighted by atomic mass is 9.89. The van der Waals surface area contributed by atoms with Gasteiger partial charge in [-0.25, -0.2) is 4.79 Å². The molecule has 0 radical (unpaired) electrons. The highest BCUT2D eigenvalue weighted by Crippen LogP contribution is 2.40. The van der Waals surface area contributed by atoms with E-state index in [1.54, 1.807) is 41.5 Å². The van der Waals surface area contributed by atoms with E-state index in [1.807, 2.05) is 6.92 Å². The number of hydrogen-bond acceptors (Lipinski definition) is 5. The first kappa shape index (κ1) is 26.3. The number of carbonyl (C=O) groups is 3. The minimum Gasteiger partial charge on any atom is -0.459 e. The zero-order chi connectivity index (χ0) is 24.6. The summed E-state index contributed by atoms with van der Waals surface area (Å²) >= 11 is 0. The summed E-state index contributed by atoms with van der Waals surface area (Å²) in [6, 6.07) is -1.62. The number of carbonyl (C=O) groups excluding carboxylic acids is 3. The standard InChI is InChI=1S/C22H35F3N2O5/c1-12-8-13-9-14(26-19(30)32-21(5,6)7)16(17(12)31-18(29)20(2,3)4)27(11-13)15(28)10-22(23,24)25/h12-14,16-17H,8-11H2,1-7H3,(H,26,30)/t12-,13?,14+,16?,17-/m0/s1. The number of piperidine rings is 1. The number of rotatable bonds is 3. The minimum atomic E-state index is -4.67. The molecule has 1 aliphatic carbocycles. The van der Waals surface area contributed by atoms with Gasteiger partial charge in [0.25, 0.3) is 0 Å². The van der Waals surface area contributed by atoms with Crippen molar-refractivity contribution in [1.82, 2.24) is 10.2 Å². The van der Waals surface area contributed by atoms with E-state index in [0.29, 0.717) is 12.8 Å². The molecule has 2 unspecified atom stereocenters. The van der Waals surface area contributed by atoms with E-state index < -0.39 is 59.8 Å². The van der Waals surface area contributed by atoms with Crippen LogP contribution >= 0.6 is 0 Å². The second kappa shape index (κ2) is 9.09. The fraction of sp³-hybridized carbons (Fsp3) is 0.864. The average Bonchev–Trinajstić information content (AvgIpc) is 2.75. The van der Waals surface area contributed by atoms with E-state index in [4.69, 9.17) is 9.47 Å². The number of halogens is 3. The predicted molar refractivity (Wildman–Crippen MR) is 111 cm³/mol. The number of fused-ring (bicyclic) bond motifs is 4. The van der Waals surface area contributed by atoms with Crippen molar-refractivity contribution in [2.45, 2.75) is 97.7 Å². The van der Waals surface area contributed by atoms with Gasteiger partial charge in [-0.1, -0.05) is 6.92 Å². The normalized spacial score (nSPS) is 28.7. The molecule has 2 bridgehead atoms. The van der Waals surface area contributed by atoms with Crippen LogP contribution in [0, 0.1) is 17.3 Å². The molecule has 0 spiro atoms. The molecule has 3 fully saturated rings. The third-order valence-corrected chi connectivity index (χ3v) is 5.65. The van der Waals surface area contributed by atoms with Gasteiger partial charge >= 0.3 is 18.2 Å². The molecule has 7 nitrogen and oxygen atoms in total. The van der Waals surface area contributed by atoms with Crippen LogP contribution in [-0.4, -0.2) is 59.4 Å². The molecule has 3 aliphatic rings. The van der Waals surface area contributed by atoms with Crippen molar-refractivity contribution in [3.8, 4) is 0 Å². The van der Waals surface area contributed by atoms with Crippen molar-refractivity contribution < 1.29 is 37.0 Å². The molecule has 2 aliphatic heterocycles. The smallest absolute Gasteiger partial charge is 0.407 e. The maximum atomic E-state index is 13.0. The Kier molecular flexibility index (Phi) is 7.46. The molecule has 2 amide bonds. The van der Waals surface area contributed by atoms with Gasteiger partial charge in [0.05, 0.1) is 17.5 Å². The Balaban J connectivity index is 2.40. The zero-order valence-electron chi connectivity index (χ0n) is 19.8. The average molecular weight is 465 g/mol. The van der Waals surface area contributed by atoms with Gasteiger partial charge < -0.3 is 19.7 Å². The largest absolute Gasteiger partial charge is 0.459 e. The van der Waals surface area contributed by atoms with E-state index in [9.17, 15) is 27.6 Å². The summed E-state index contributed by atoms with van der Waals surface area (Å²) in [5.41, 5.74) is -1.61. The lowest BCUT2D eigenvalue weighted by Crippen LogP contribution is -2.63. The summed E-state index contributed by atoms with van der Waals surface area (Å²) in [7, 11) is 0. The first-order valence-electron chi connectivity index (χ1n) is 10.9. The second-order valence-electron chi connectivity index (χ2n) is 11.0. The van der Waals surface area contributed by atoms with Crippen LogP contribution in [0.25, 0.3) is 0 Å². The summed E-state index contributed by atoms with van der Waals surface area (Å²) in [6.45, 7) is 12.1. The Bertz CT molecular complexity index is 727. The SMILES string of the molecule is C[C@H]1CC2C[C@@H](NC(=O)OC(C)(C)C)C([C@H]1OC(=O)C(C)(C)C)N(C(=O)CC(F)(F)F)C2. The summed E-state index contributed by atoms with van der Waals surface area (Å²) in [6.07, 6.45) is -6.85. The fourth-order valence-corrected chi connectivity index (χ4v) is 4.39. The van der Waals surface area contributed by atoms with E-state index in [1.165, 1.54) is 0 Å². The van der Waals surface area contributed by atoms with Gasteiger partial charge in [-0.3, -0.25) is 9.59 Å². The molecular weight excluding hydrogens is 429 g/mol. The monoisotopic (exact) mass is 464 g/mol. The van der Waals surface area contributed by atoms with Crippen LogP contribution < -0.4 is 5.32 Å². The van der Waals surface area contributed by atoms with Crippen molar-refractivity contribution in [3.63, 3.8) is 0 Å². The van der Waals surface area contributed by atoms with Crippen LogP contribution in [0.5, 0.6) is 0 Å². The Labute approximate surface area is 187 Å². The highest BCUT2D eigenvalue weighted by Gasteiger charge is 2.52. The number of alkyl carbamates (subject to hydrolysis) is 1. The molecule has 32 heavy (non-hydrogen) atoms. The van der Waals surface area contributed by atoms with Crippen LogP contribution in [0.15, 0.2) is 0 Å². The number of hydrogen-bond donors (Lipinski definition) is 1. The van der Waals surface area contributed by atoms with Gasteiger partial charge in [-0.15, -0.1) is 0 Å². The van der Waals surface area contributed by atoms with Gasteiger partial charge in [0.2, 0.25) is 5.91 Å². The van der Waals surface area contributed by atoms with Crippen LogP contribution in [-0.2, 0) is 19.1 Å². The van der Waals surface area contributed by atoms with E-state index in [2.05, 4.69) is 5.32 Å². The molecule has 0 aromatic carbocycles. The molecular formula is C22H35F3N2O5. The van der Waals surface area contributed by atoms with Crippen molar-refractivity contribution in [3.05, 3.63) is 0 Å². The Morgan fingerprint density at radius 1 is 1.03 bits per heavy atom. The topological polar surface area (TPSA) is 84.9 Å². The molecule has 0 aromatic heterocycles. The summed E-state index contributed by atoms with van der Waals surface area (Å²) in [5, 5.41) is 2.73. The Hall–Kier alpha value is -2.00. The molecule has 10 heteroatoms. The Morgan fingerprint density at radius 3 is 2.12 bits per heavy atom. The van der Waals surface area contributed by atoms with Crippen molar-refractivity contribution in [2.75, 3.05) is 6.54 Å². The minimum absolute atomic E-state index is 0.125. The summed E-state index contributed by atoms with van der Waals surface area (Å²) < 4.78 is 50.2. The van der Waals surface area contributed by atoms with Crippen molar-refractivity contribution in [1.29, 1.82) is 0 Å². The van der Waals surface area contributed by atoms with Crippen LogP contribution in [0.3, 0.4) is 0 Å². The molecule has 184 valence electrons. The Morgan fingerprint density at radius 2 is 1.62 bits per heavy atom. The lowest BCUT2D eigenvalue weighted by Gasteiger charge is -2.45. The van der Waals surface area contributed by atoms with E-state index in [0.717, 1.165) is 4.90 Å². The maximum absolute atomic E-state index is 13.0. The molecule has 2 saturated heterocycles. The third kappa shape index (κ3) is 7.00. The molecule has 2 heterocycles. The molecule has 5 atom stereocenters. The highest BCUT2D eigenvalue weighted by molar-refractivity contribution is 5.78. The van der Waals surface area contributed by atoms with Gasteiger partial charge in [0.15, 0.2) is 0 Å². The van der Waals surface area contributed by atoms with Crippen LogP contribution in [0.2, 0.25) is 0 Å². The van der Waals surface area contributed by atoms with Crippen LogP contribution in [0.4, 0.5) is 18.0 Å².